The average molecular weight is 494 g/mol. The number of nitrogens with one attached hydrogen (secondary N) is 1. The third-order valence-electron chi connectivity index (χ3n) is 4.10. The van der Waals surface area contributed by atoms with Gasteiger partial charge in [-0.3, -0.25) is 9.10 Å². The highest BCUT2D eigenvalue weighted by Crippen LogP contribution is 2.26. The fourth-order valence-corrected chi connectivity index (χ4v) is 4.68. The number of amides is 1. The van der Waals surface area contributed by atoms with Gasteiger partial charge in [-0.15, -0.1) is 0 Å². The van der Waals surface area contributed by atoms with E-state index >= 15 is 0 Å². The minimum atomic E-state index is -3.98. The first-order valence-corrected chi connectivity index (χ1v) is 11.3. The van der Waals surface area contributed by atoms with E-state index in [2.05, 4.69) is 21.2 Å². The van der Waals surface area contributed by atoms with Crippen LogP contribution >= 0.6 is 27.5 Å². The highest BCUT2D eigenvalue weighted by molar-refractivity contribution is 9.10. The van der Waals surface area contributed by atoms with E-state index in [1.807, 2.05) is 13.0 Å². The smallest absolute Gasteiger partial charge is 0.264 e. The lowest BCUT2D eigenvalue weighted by atomic mass is 10.2. The van der Waals surface area contributed by atoms with Gasteiger partial charge in [0.25, 0.3) is 10.0 Å². The van der Waals surface area contributed by atoms with Crippen LogP contribution in [0.2, 0.25) is 5.02 Å². The Morgan fingerprint density at radius 2 is 1.72 bits per heavy atom. The Hall–Kier alpha value is -2.35. The monoisotopic (exact) mass is 492 g/mol. The lowest BCUT2D eigenvalue weighted by molar-refractivity contribution is -0.114. The molecule has 0 fully saturated rings. The minimum absolute atomic E-state index is 0.0957. The summed E-state index contributed by atoms with van der Waals surface area (Å²) in [5.74, 6) is -0.473. The van der Waals surface area contributed by atoms with Gasteiger partial charge in [0.2, 0.25) is 5.91 Å². The molecule has 0 bridgehead atoms. The minimum Gasteiger partial charge on any atom is -0.324 e. The van der Waals surface area contributed by atoms with Gasteiger partial charge in [0.15, 0.2) is 0 Å². The van der Waals surface area contributed by atoms with Gasteiger partial charge in [-0.05, 0) is 55.5 Å². The molecule has 0 aliphatic carbocycles. The molecule has 0 unspecified atom stereocenters. The molecule has 0 heterocycles. The Balaban J connectivity index is 1.95. The van der Waals surface area contributed by atoms with Gasteiger partial charge in [0.05, 0.1) is 10.6 Å². The van der Waals surface area contributed by atoms with Crippen molar-refractivity contribution < 1.29 is 13.2 Å². The maximum atomic E-state index is 13.3. The average Bonchev–Trinajstić information content (AvgIpc) is 2.66. The van der Waals surface area contributed by atoms with E-state index in [1.54, 1.807) is 48.5 Å². The number of carbonyl (C=O) groups is 1. The zero-order valence-electron chi connectivity index (χ0n) is 15.5. The molecule has 3 aromatic rings. The van der Waals surface area contributed by atoms with Gasteiger partial charge in [-0.1, -0.05) is 57.4 Å². The zero-order valence-corrected chi connectivity index (χ0v) is 18.6. The fraction of sp³-hybridized carbons (Fsp3) is 0.0952. The highest BCUT2D eigenvalue weighted by atomic mass is 79.9. The fourth-order valence-electron chi connectivity index (χ4n) is 2.68. The van der Waals surface area contributed by atoms with E-state index in [1.165, 1.54) is 18.2 Å². The summed E-state index contributed by atoms with van der Waals surface area (Å²) in [7, 11) is -3.98. The molecule has 0 aliphatic heterocycles. The van der Waals surface area contributed by atoms with Gasteiger partial charge in [0, 0.05) is 15.2 Å². The van der Waals surface area contributed by atoms with E-state index in [4.69, 9.17) is 11.6 Å². The Kier molecular flexibility index (Phi) is 6.62. The summed E-state index contributed by atoms with van der Waals surface area (Å²) >= 11 is 9.41. The maximum Gasteiger partial charge on any atom is 0.264 e. The molecule has 1 amide bonds. The normalized spacial score (nSPS) is 11.1. The maximum absolute atomic E-state index is 13.3. The number of anilines is 2. The van der Waals surface area contributed by atoms with Crippen molar-refractivity contribution in [2.75, 3.05) is 16.2 Å². The number of rotatable bonds is 6. The van der Waals surface area contributed by atoms with Crippen molar-refractivity contribution >= 4 is 54.8 Å². The molecule has 0 aromatic heterocycles. The summed E-state index contributed by atoms with van der Waals surface area (Å²) in [6, 6.07) is 19.9. The van der Waals surface area contributed by atoms with Crippen molar-refractivity contribution in [2.45, 2.75) is 11.8 Å². The molecule has 8 heteroatoms. The van der Waals surface area contributed by atoms with Crippen LogP contribution in [-0.4, -0.2) is 20.9 Å². The summed E-state index contributed by atoms with van der Waals surface area (Å²) in [6.07, 6.45) is 0. The first-order valence-electron chi connectivity index (χ1n) is 8.66. The molecule has 0 saturated heterocycles. The number of halogens is 2. The van der Waals surface area contributed by atoms with Crippen LogP contribution in [-0.2, 0) is 14.8 Å². The molecule has 3 rings (SSSR count). The second-order valence-electron chi connectivity index (χ2n) is 6.36. The molecule has 150 valence electrons. The van der Waals surface area contributed by atoms with E-state index < -0.39 is 22.5 Å². The topological polar surface area (TPSA) is 66.5 Å². The Morgan fingerprint density at radius 3 is 2.38 bits per heavy atom. The van der Waals surface area contributed by atoms with E-state index in [0.29, 0.717) is 16.4 Å². The molecular weight excluding hydrogens is 476 g/mol. The van der Waals surface area contributed by atoms with Crippen molar-refractivity contribution in [2.24, 2.45) is 0 Å². The van der Waals surface area contributed by atoms with Crippen molar-refractivity contribution in [3.05, 3.63) is 87.9 Å². The van der Waals surface area contributed by atoms with E-state index in [0.717, 1.165) is 14.3 Å². The zero-order chi connectivity index (χ0) is 21.0. The summed E-state index contributed by atoms with van der Waals surface area (Å²) in [5, 5.41) is 3.10. The summed E-state index contributed by atoms with van der Waals surface area (Å²) in [6.45, 7) is 1.47. The van der Waals surface area contributed by atoms with Crippen molar-refractivity contribution in [1.82, 2.24) is 0 Å². The van der Waals surface area contributed by atoms with Crippen LogP contribution in [0.5, 0.6) is 0 Å². The van der Waals surface area contributed by atoms with E-state index in [-0.39, 0.29) is 4.90 Å². The van der Waals surface area contributed by atoms with Crippen molar-refractivity contribution in [3.8, 4) is 0 Å². The molecule has 0 atom stereocenters. The van der Waals surface area contributed by atoms with Crippen LogP contribution < -0.4 is 9.62 Å². The van der Waals surface area contributed by atoms with Crippen molar-refractivity contribution in [1.29, 1.82) is 0 Å². The van der Waals surface area contributed by atoms with Crippen LogP contribution in [0.25, 0.3) is 0 Å². The highest BCUT2D eigenvalue weighted by Gasteiger charge is 2.27. The first kappa shape index (κ1) is 21.4. The van der Waals surface area contributed by atoms with Crippen LogP contribution in [0.15, 0.2) is 82.2 Å². The largest absolute Gasteiger partial charge is 0.324 e. The molecule has 3 aromatic carbocycles. The van der Waals surface area contributed by atoms with E-state index in [9.17, 15) is 13.2 Å². The molecule has 0 spiro atoms. The number of carbonyl (C=O) groups excluding carboxylic acids is 1. The summed E-state index contributed by atoms with van der Waals surface area (Å²) in [4.78, 5) is 12.8. The van der Waals surface area contributed by atoms with Gasteiger partial charge < -0.3 is 5.32 Å². The molecule has 29 heavy (non-hydrogen) atoms. The quantitative estimate of drug-likeness (QED) is 0.510. The van der Waals surface area contributed by atoms with Crippen LogP contribution in [0, 0.1) is 6.92 Å². The number of benzene rings is 3. The Morgan fingerprint density at radius 1 is 1.03 bits per heavy atom. The summed E-state index contributed by atoms with van der Waals surface area (Å²) in [5.41, 5.74) is 1.80. The van der Waals surface area contributed by atoms with Crippen LogP contribution in [0.4, 0.5) is 11.4 Å². The third-order valence-corrected chi connectivity index (χ3v) is 6.62. The van der Waals surface area contributed by atoms with Crippen molar-refractivity contribution in [3.63, 3.8) is 0 Å². The molecule has 1 N–H and O–H groups in total. The predicted octanol–water partition coefficient (Wildman–Crippen LogP) is 5.24. The number of hydrogen-bond acceptors (Lipinski definition) is 3. The predicted molar refractivity (Wildman–Crippen MR) is 120 cm³/mol. The molecule has 0 aliphatic rings. The molecular formula is C21H18BrClN2O3S. The Bertz CT molecular complexity index is 1130. The van der Waals surface area contributed by atoms with Gasteiger partial charge in [0.1, 0.15) is 6.54 Å². The number of nitrogens with zero attached hydrogens (tertiary/aromatic N) is 1. The van der Waals surface area contributed by atoms with Crippen LogP contribution in [0.1, 0.15) is 5.56 Å². The standard InChI is InChI=1S/C21H18BrClN2O3S/c1-15-8-10-20(11-9-15)29(27,28)25(19-7-3-5-17(23)13-19)14-21(26)24-18-6-2-4-16(22)12-18/h2-13H,14H2,1H3,(H,24,26). The SMILES string of the molecule is Cc1ccc(S(=O)(=O)N(CC(=O)Nc2cccc(Br)c2)c2cccc(Cl)c2)cc1. The van der Waals surface area contributed by atoms with Gasteiger partial charge >= 0.3 is 0 Å². The molecule has 0 saturated carbocycles. The van der Waals surface area contributed by atoms with Crippen LogP contribution in [0.3, 0.4) is 0 Å². The number of aryl methyl sites for hydroxylation is 1. The molecule has 0 radical (unpaired) electrons. The number of hydrogen-bond donors (Lipinski definition) is 1. The Labute approximate surface area is 183 Å². The second kappa shape index (κ2) is 8.98. The third kappa shape index (κ3) is 5.38. The lowest BCUT2D eigenvalue weighted by Gasteiger charge is -2.24. The van der Waals surface area contributed by atoms with Gasteiger partial charge in [-0.2, -0.15) is 0 Å². The first-order chi connectivity index (χ1) is 13.8. The second-order valence-corrected chi connectivity index (χ2v) is 9.58. The summed E-state index contributed by atoms with van der Waals surface area (Å²) < 4.78 is 28.4. The number of sulfonamides is 1. The van der Waals surface area contributed by atoms with Gasteiger partial charge in [-0.25, -0.2) is 8.42 Å². The molecule has 5 nitrogen and oxygen atoms in total. The lowest BCUT2D eigenvalue weighted by Crippen LogP contribution is -2.38.